The van der Waals surface area contributed by atoms with Gasteiger partial charge in [-0.1, -0.05) is 6.07 Å². The van der Waals surface area contributed by atoms with E-state index in [0.717, 1.165) is 18.3 Å². The molecule has 0 saturated carbocycles. The molecule has 6 nitrogen and oxygen atoms in total. The Bertz CT molecular complexity index is 949. The van der Waals surface area contributed by atoms with Crippen molar-refractivity contribution >= 4 is 79.6 Å². The molecule has 2 aromatic carbocycles. The van der Waals surface area contributed by atoms with Gasteiger partial charge in [-0.05, 0) is 130 Å². The molecular weight excluding hydrogens is 739 g/mol. The van der Waals surface area contributed by atoms with Gasteiger partial charge < -0.3 is 20.3 Å². The fourth-order valence-corrected chi connectivity index (χ4v) is 5.24. The first-order valence-corrected chi connectivity index (χ1v) is 12.8. The summed E-state index contributed by atoms with van der Waals surface area (Å²) >= 11 is 6.13. The van der Waals surface area contributed by atoms with Gasteiger partial charge in [0.2, 0.25) is 5.91 Å². The largest absolute Gasteiger partial charge is 0.507 e. The normalized spacial score (nSPS) is 12.3. The molecular formula is C22H24I3NO5. The van der Waals surface area contributed by atoms with Crippen LogP contribution in [0, 0.1) is 10.7 Å². The lowest BCUT2D eigenvalue weighted by Gasteiger charge is -2.25. The van der Waals surface area contributed by atoms with Gasteiger partial charge in [-0.3, -0.25) is 4.79 Å². The van der Waals surface area contributed by atoms with E-state index in [1.165, 1.54) is 0 Å². The van der Waals surface area contributed by atoms with Crippen molar-refractivity contribution in [2.24, 2.45) is 0 Å². The van der Waals surface area contributed by atoms with Crippen LogP contribution in [-0.2, 0) is 27.2 Å². The van der Waals surface area contributed by atoms with Crippen LogP contribution in [0.1, 0.15) is 38.3 Å². The molecule has 2 rings (SSSR count). The van der Waals surface area contributed by atoms with Gasteiger partial charge in [-0.2, -0.15) is 0 Å². The number of aryl methyl sites for hydroxylation is 1. The van der Waals surface area contributed by atoms with Crippen LogP contribution in [0.2, 0.25) is 0 Å². The van der Waals surface area contributed by atoms with Gasteiger partial charge in [0.25, 0.3) is 0 Å². The van der Waals surface area contributed by atoms with Gasteiger partial charge in [-0.25, -0.2) is 4.79 Å². The van der Waals surface area contributed by atoms with Crippen molar-refractivity contribution in [2.75, 3.05) is 0 Å². The fourth-order valence-electron chi connectivity index (χ4n) is 2.77. The van der Waals surface area contributed by atoms with Crippen molar-refractivity contribution in [3.8, 4) is 11.5 Å². The molecule has 31 heavy (non-hydrogen) atoms. The second-order valence-corrected chi connectivity index (χ2v) is 11.5. The second kappa shape index (κ2) is 11.3. The summed E-state index contributed by atoms with van der Waals surface area (Å²) in [6.07, 6.45) is 0.936. The molecule has 0 aliphatic heterocycles. The van der Waals surface area contributed by atoms with Crippen molar-refractivity contribution in [3.05, 3.63) is 52.2 Å². The number of benzene rings is 2. The van der Waals surface area contributed by atoms with E-state index in [-0.39, 0.29) is 30.2 Å². The maximum absolute atomic E-state index is 12.7. The van der Waals surface area contributed by atoms with E-state index in [4.69, 9.17) is 4.74 Å². The van der Waals surface area contributed by atoms with Gasteiger partial charge >= 0.3 is 5.97 Å². The van der Waals surface area contributed by atoms with Crippen molar-refractivity contribution in [2.45, 2.75) is 51.7 Å². The number of carbonyl (C=O) groups excluding carboxylic acids is 2. The van der Waals surface area contributed by atoms with E-state index in [9.17, 15) is 19.8 Å². The van der Waals surface area contributed by atoms with E-state index < -0.39 is 17.6 Å². The molecule has 0 fully saturated rings. The predicted octanol–water partition coefficient (Wildman–Crippen LogP) is 4.91. The first kappa shape index (κ1) is 26.4. The number of amides is 1. The molecule has 0 aromatic heterocycles. The number of rotatable bonds is 7. The van der Waals surface area contributed by atoms with Crippen molar-refractivity contribution in [1.29, 1.82) is 0 Å². The van der Waals surface area contributed by atoms with Crippen LogP contribution in [0.15, 0.2) is 30.3 Å². The third-order valence-electron chi connectivity index (χ3n) is 4.20. The van der Waals surface area contributed by atoms with Gasteiger partial charge in [0, 0.05) is 12.8 Å². The van der Waals surface area contributed by atoms with E-state index in [1.54, 1.807) is 39.0 Å². The summed E-state index contributed by atoms with van der Waals surface area (Å²) < 4.78 is 7.63. The number of hydrogen-bond acceptors (Lipinski definition) is 5. The smallest absolute Gasteiger partial charge is 0.329 e. The van der Waals surface area contributed by atoms with E-state index in [1.807, 2.05) is 34.7 Å². The third-order valence-corrected chi connectivity index (χ3v) is 6.70. The Hall–Kier alpha value is -0.830. The Kier molecular flexibility index (Phi) is 9.67. The number of carbonyl (C=O) groups is 2. The molecule has 0 radical (unpaired) electrons. The average molecular weight is 763 g/mol. The zero-order valence-corrected chi connectivity index (χ0v) is 23.8. The highest BCUT2D eigenvalue weighted by molar-refractivity contribution is 14.1. The molecule has 0 heterocycles. The average Bonchev–Trinajstić information content (AvgIpc) is 2.65. The molecule has 1 unspecified atom stereocenters. The zero-order valence-electron chi connectivity index (χ0n) is 17.3. The monoisotopic (exact) mass is 763 g/mol. The number of phenols is 2. The molecule has 2 aromatic rings. The molecule has 0 bridgehead atoms. The van der Waals surface area contributed by atoms with Gasteiger partial charge in [-0.15, -0.1) is 0 Å². The lowest BCUT2D eigenvalue weighted by atomic mass is 10.0. The number of phenolic OH excluding ortho intramolecular Hbond substituents is 2. The molecule has 168 valence electrons. The molecule has 0 saturated heterocycles. The lowest BCUT2D eigenvalue weighted by molar-refractivity contribution is -0.158. The molecule has 0 aliphatic carbocycles. The molecule has 9 heteroatoms. The van der Waals surface area contributed by atoms with Crippen LogP contribution in [-0.4, -0.2) is 33.7 Å². The van der Waals surface area contributed by atoms with Gasteiger partial charge in [0.05, 0.1) is 10.7 Å². The zero-order chi connectivity index (χ0) is 23.3. The van der Waals surface area contributed by atoms with Crippen LogP contribution in [0.25, 0.3) is 0 Å². The Labute approximate surface area is 222 Å². The summed E-state index contributed by atoms with van der Waals surface area (Å²) in [4.78, 5) is 25.4. The van der Waals surface area contributed by atoms with Crippen LogP contribution in [0.4, 0.5) is 0 Å². The highest BCUT2D eigenvalue weighted by Gasteiger charge is 2.27. The Morgan fingerprint density at radius 1 is 1.00 bits per heavy atom. The number of esters is 1. The van der Waals surface area contributed by atoms with Crippen LogP contribution in [0.5, 0.6) is 11.5 Å². The molecule has 1 atom stereocenters. The van der Waals surface area contributed by atoms with Gasteiger partial charge in [0.1, 0.15) is 23.1 Å². The molecule has 1 amide bonds. The summed E-state index contributed by atoms with van der Waals surface area (Å²) in [6.45, 7) is 5.34. The Balaban J connectivity index is 2.10. The summed E-state index contributed by atoms with van der Waals surface area (Å²) in [5, 5.41) is 22.4. The van der Waals surface area contributed by atoms with Gasteiger partial charge in [0.15, 0.2) is 0 Å². The molecule has 0 spiro atoms. The van der Waals surface area contributed by atoms with Crippen molar-refractivity contribution < 1.29 is 24.5 Å². The fraction of sp³-hybridized carbons (Fsp3) is 0.364. The Morgan fingerprint density at radius 3 is 2.13 bits per heavy atom. The predicted molar refractivity (Wildman–Crippen MR) is 144 cm³/mol. The second-order valence-electron chi connectivity index (χ2n) is 8.05. The number of hydrogen-bond donors (Lipinski definition) is 3. The van der Waals surface area contributed by atoms with Crippen LogP contribution < -0.4 is 5.32 Å². The van der Waals surface area contributed by atoms with E-state index in [2.05, 4.69) is 50.5 Å². The standard InChI is InChI=1S/C22H24I3NO5/c1-22(2,3)31-21(30)17(11-13-4-6-18(27)14(23)8-13)26-19(28)7-5-12-9-15(24)20(29)16(25)10-12/h4,6,8-10,17,27,29H,5,7,11H2,1-3H3,(H,26,28). The highest BCUT2D eigenvalue weighted by atomic mass is 127. The maximum atomic E-state index is 12.7. The van der Waals surface area contributed by atoms with Crippen LogP contribution >= 0.6 is 67.8 Å². The van der Waals surface area contributed by atoms with E-state index in [0.29, 0.717) is 9.99 Å². The molecule has 0 aliphatic rings. The quantitative estimate of drug-likeness (QED) is 0.276. The minimum absolute atomic E-state index is 0.167. The number of aromatic hydroxyl groups is 2. The number of ether oxygens (including phenoxy) is 1. The molecule has 3 N–H and O–H groups in total. The summed E-state index contributed by atoms with van der Waals surface area (Å²) in [5.74, 6) is -0.358. The van der Waals surface area contributed by atoms with Crippen molar-refractivity contribution in [3.63, 3.8) is 0 Å². The summed E-state index contributed by atoms with van der Waals surface area (Å²) in [6, 6.07) is 7.91. The topological polar surface area (TPSA) is 95.9 Å². The lowest BCUT2D eigenvalue weighted by Crippen LogP contribution is -2.45. The first-order valence-electron chi connectivity index (χ1n) is 9.52. The maximum Gasteiger partial charge on any atom is 0.329 e. The van der Waals surface area contributed by atoms with Crippen LogP contribution in [0.3, 0.4) is 0 Å². The summed E-state index contributed by atoms with van der Waals surface area (Å²) in [7, 11) is 0. The SMILES string of the molecule is CC(C)(C)OC(=O)C(Cc1ccc(O)c(I)c1)NC(=O)CCc1cc(I)c(O)c(I)c1. The summed E-state index contributed by atoms with van der Waals surface area (Å²) in [5.41, 5.74) is 1.06. The Morgan fingerprint density at radius 2 is 1.58 bits per heavy atom. The highest BCUT2D eigenvalue weighted by Crippen LogP contribution is 2.28. The third kappa shape index (κ3) is 8.56. The van der Waals surface area contributed by atoms with Crippen molar-refractivity contribution in [1.82, 2.24) is 5.32 Å². The minimum atomic E-state index is -0.841. The number of nitrogens with one attached hydrogen (secondary N) is 1. The first-order chi connectivity index (χ1) is 14.4. The van der Waals surface area contributed by atoms with E-state index >= 15 is 0 Å². The number of halogens is 3. The minimum Gasteiger partial charge on any atom is -0.507 e.